The van der Waals surface area contributed by atoms with Crippen molar-refractivity contribution in [3.8, 4) is 5.75 Å². The Kier molecular flexibility index (Phi) is 5.76. The van der Waals surface area contributed by atoms with Gasteiger partial charge in [0.05, 0.1) is 6.61 Å². The van der Waals surface area contributed by atoms with E-state index in [1.54, 1.807) is 25.1 Å². The third kappa shape index (κ3) is 5.26. The Bertz CT molecular complexity index is 484. The summed E-state index contributed by atoms with van der Waals surface area (Å²) in [5, 5.41) is 0. The second kappa shape index (κ2) is 7.09. The van der Waals surface area contributed by atoms with Gasteiger partial charge in [-0.25, -0.2) is 14.2 Å². The molecule has 7 heteroatoms. The van der Waals surface area contributed by atoms with E-state index in [-0.39, 0.29) is 17.9 Å². The summed E-state index contributed by atoms with van der Waals surface area (Å²) in [5.41, 5.74) is 0.0667. The van der Waals surface area contributed by atoms with E-state index in [0.29, 0.717) is 0 Å². The molecule has 1 aromatic carbocycles. The van der Waals surface area contributed by atoms with Gasteiger partial charge < -0.3 is 9.05 Å². The van der Waals surface area contributed by atoms with Crippen LogP contribution >= 0.6 is 7.82 Å². The van der Waals surface area contributed by atoms with Gasteiger partial charge in [0.1, 0.15) is 5.75 Å². The fraction of sp³-hybridized carbons (Fsp3) is 0.250. The number of carbonyl (C=O) groups is 1. The maximum Gasteiger partial charge on any atom is 0.618 e. The minimum atomic E-state index is -4.20. The van der Waals surface area contributed by atoms with Crippen LogP contribution in [0, 0.1) is 0 Å². The average Bonchev–Trinajstić information content (AvgIpc) is 2.37. The Morgan fingerprint density at radius 3 is 2.47 bits per heavy atom. The topological polar surface area (TPSA) is 71.1 Å². The van der Waals surface area contributed by atoms with E-state index < -0.39 is 13.8 Å². The monoisotopic (exact) mass is 286 g/mol. The van der Waals surface area contributed by atoms with E-state index >= 15 is 0 Å². The third-order valence-electron chi connectivity index (χ3n) is 1.77. The highest BCUT2D eigenvalue weighted by atomic mass is 31.2. The van der Waals surface area contributed by atoms with Crippen molar-refractivity contribution < 1.29 is 28.0 Å². The van der Waals surface area contributed by atoms with Gasteiger partial charge in [0.15, 0.2) is 0 Å². The zero-order valence-corrected chi connectivity index (χ0v) is 11.6. The summed E-state index contributed by atoms with van der Waals surface area (Å²) >= 11 is 0. The lowest BCUT2D eigenvalue weighted by Gasteiger charge is -2.16. The molecule has 1 atom stereocenters. The van der Waals surface area contributed by atoms with Gasteiger partial charge >= 0.3 is 13.8 Å². The lowest BCUT2D eigenvalue weighted by atomic mass is 10.3. The predicted molar refractivity (Wildman–Crippen MR) is 68.3 cm³/mol. The summed E-state index contributed by atoms with van der Waals surface area (Å²) in [7, 11) is -4.20. The van der Waals surface area contributed by atoms with Crippen molar-refractivity contribution in [2.75, 3.05) is 6.61 Å². The van der Waals surface area contributed by atoms with Crippen molar-refractivity contribution in [2.24, 2.45) is 0 Å². The molecule has 1 aromatic rings. The fourth-order valence-corrected chi connectivity index (χ4v) is 2.03. The molecule has 0 saturated carbocycles. The first-order chi connectivity index (χ1) is 8.97. The molecule has 104 valence electrons. The molecule has 1 rings (SSSR count). The normalized spacial score (nSPS) is 13.4. The largest absolute Gasteiger partial charge is 0.618 e. The molecule has 0 aliphatic carbocycles. The molecule has 0 fully saturated rings. The highest BCUT2D eigenvalue weighted by Crippen LogP contribution is 2.50. The van der Waals surface area contributed by atoms with Gasteiger partial charge in [-0.3, -0.25) is 0 Å². The smallest absolute Gasteiger partial charge is 0.394 e. The second-order valence-electron chi connectivity index (χ2n) is 3.49. The molecule has 6 nitrogen and oxygen atoms in total. The van der Waals surface area contributed by atoms with Crippen LogP contribution < -0.4 is 4.52 Å². The van der Waals surface area contributed by atoms with E-state index in [2.05, 4.69) is 20.7 Å². The van der Waals surface area contributed by atoms with Crippen LogP contribution in [-0.4, -0.2) is 12.6 Å². The summed E-state index contributed by atoms with van der Waals surface area (Å²) < 4.78 is 26.5. The Labute approximate surface area is 111 Å². The van der Waals surface area contributed by atoms with Crippen molar-refractivity contribution in [1.29, 1.82) is 0 Å². The van der Waals surface area contributed by atoms with Crippen LogP contribution in [0.2, 0.25) is 0 Å². The van der Waals surface area contributed by atoms with Crippen LogP contribution in [0.1, 0.15) is 13.8 Å². The first-order valence-electron chi connectivity index (χ1n) is 5.52. The molecule has 0 N–H and O–H groups in total. The summed E-state index contributed by atoms with van der Waals surface area (Å²) in [5.74, 6) is -0.668. The molecular weight excluding hydrogens is 271 g/mol. The lowest BCUT2D eigenvalue weighted by molar-refractivity contribution is -0.218. The molecule has 0 aromatic heterocycles. The maximum absolute atomic E-state index is 12.2. The fourth-order valence-electron chi connectivity index (χ4n) is 0.956. The molecule has 0 spiro atoms. The molecule has 0 radical (unpaired) electrons. The van der Waals surface area contributed by atoms with Crippen LogP contribution in [0.4, 0.5) is 0 Å². The van der Waals surface area contributed by atoms with E-state index in [0.717, 1.165) is 0 Å². The molecule has 0 amide bonds. The van der Waals surface area contributed by atoms with E-state index in [4.69, 9.17) is 4.52 Å². The molecule has 19 heavy (non-hydrogen) atoms. The van der Waals surface area contributed by atoms with E-state index in [9.17, 15) is 9.36 Å². The highest BCUT2D eigenvalue weighted by Gasteiger charge is 2.35. The number of hydrogen-bond donors (Lipinski definition) is 0. The van der Waals surface area contributed by atoms with Crippen LogP contribution in [0.5, 0.6) is 5.75 Å². The number of phosphoric acid groups is 1. The van der Waals surface area contributed by atoms with Crippen molar-refractivity contribution >= 4 is 13.8 Å². The molecule has 0 heterocycles. The zero-order valence-electron chi connectivity index (χ0n) is 10.7. The predicted octanol–water partition coefficient (Wildman–Crippen LogP) is 3.26. The molecule has 1 unspecified atom stereocenters. The first-order valence-corrected chi connectivity index (χ1v) is 6.98. The zero-order chi connectivity index (χ0) is 14.3. The summed E-state index contributed by atoms with van der Waals surface area (Å²) in [4.78, 5) is 16.0. The first kappa shape index (κ1) is 15.4. The molecule has 0 aliphatic rings. The lowest BCUT2D eigenvalue weighted by Crippen LogP contribution is -2.09. The van der Waals surface area contributed by atoms with Crippen LogP contribution in [0.3, 0.4) is 0 Å². The minimum Gasteiger partial charge on any atom is -0.394 e. The van der Waals surface area contributed by atoms with Crippen LogP contribution in [0.25, 0.3) is 0 Å². The van der Waals surface area contributed by atoms with Crippen LogP contribution in [0.15, 0.2) is 42.5 Å². The number of para-hydroxylation sites is 1. The Balaban J connectivity index is 2.83. The number of benzene rings is 1. The van der Waals surface area contributed by atoms with Crippen molar-refractivity contribution in [3.63, 3.8) is 0 Å². The van der Waals surface area contributed by atoms with Gasteiger partial charge in [-0.1, -0.05) is 24.8 Å². The second-order valence-corrected chi connectivity index (χ2v) is 4.90. The van der Waals surface area contributed by atoms with Gasteiger partial charge in [-0.15, -0.1) is 4.67 Å². The standard InChI is InChI=1S/C12H15O6P/c1-4-15-18-19(14,17-12(13)10(2)3)16-11-8-6-5-7-9-11/h5-9H,2,4H2,1,3H3. The number of hydrogen-bond acceptors (Lipinski definition) is 6. The molecule has 0 saturated heterocycles. The van der Waals surface area contributed by atoms with Gasteiger partial charge in [0.25, 0.3) is 0 Å². The van der Waals surface area contributed by atoms with Crippen molar-refractivity contribution in [2.45, 2.75) is 13.8 Å². The number of phosphoric ester groups is 1. The molecule has 0 bridgehead atoms. The van der Waals surface area contributed by atoms with Crippen molar-refractivity contribution in [1.82, 2.24) is 0 Å². The quantitative estimate of drug-likeness (QED) is 0.331. The highest BCUT2D eigenvalue weighted by molar-refractivity contribution is 7.49. The van der Waals surface area contributed by atoms with Gasteiger partial charge in [-0.05, 0) is 26.0 Å². The molecular formula is C12H15O6P. The van der Waals surface area contributed by atoms with Crippen LogP contribution in [-0.2, 0) is 23.4 Å². The number of rotatable bonds is 7. The van der Waals surface area contributed by atoms with E-state index in [1.165, 1.54) is 19.1 Å². The summed E-state index contributed by atoms with van der Waals surface area (Å²) in [6.07, 6.45) is 0. The minimum absolute atomic E-state index is 0.0667. The van der Waals surface area contributed by atoms with Crippen molar-refractivity contribution in [3.05, 3.63) is 42.5 Å². The maximum atomic E-state index is 12.2. The van der Waals surface area contributed by atoms with Gasteiger partial charge in [0, 0.05) is 5.57 Å². The Hall–Kier alpha value is -1.62. The average molecular weight is 286 g/mol. The molecule has 0 aliphatic heterocycles. The summed E-state index contributed by atoms with van der Waals surface area (Å²) in [6, 6.07) is 8.16. The number of carbonyl (C=O) groups excluding carboxylic acids is 1. The van der Waals surface area contributed by atoms with E-state index in [1.807, 2.05) is 0 Å². The SMILES string of the molecule is C=C(C)C(=O)OP(=O)(OOCC)Oc1ccccc1. The Morgan fingerprint density at radius 1 is 1.32 bits per heavy atom. The summed E-state index contributed by atoms with van der Waals surface area (Å²) in [6.45, 7) is 6.53. The Morgan fingerprint density at radius 2 is 1.95 bits per heavy atom. The van der Waals surface area contributed by atoms with Gasteiger partial charge in [-0.2, -0.15) is 0 Å². The third-order valence-corrected chi connectivity index (χ3v) is 2.88. The van der Waals surface area contributed by atoms with Gasteiger partial charge in [0.2, 0.25) is 0 Å².